The largest absolute Gasteiger partial charge is 0.439 e. The van der Waals surface area contributed by atoms with Gasteiger partial charge in [-0.15, -0.1) is 0 Å². The number of carbonyl (C=O) groups is 3. The van der Waals surface area contributed by atoms with Gasteiger partial charge in [-0.25, -0.2) is 14.7 Å². The van der Waals surface area contributed by atoms with E-state index in [1.54, 1.807) is 6.92 Å². The van der Waals surface area contributed by atoms with Gasteiger partial charge in [0.25, 0.3) is 11.8 Å². The number of nitrogens with zero attached hydrogens (tertiary/aromatic N) is 3. The third-order valence-corrected chi connectivity index (χ3v) is 5.70. The fraction of sp³-hybridized carbons (Fsp3) is 0.200. The lowest BCUT2D eigenvalue weighted by molar-refractivity contribution is -0.126. The Kier molecular flexibility index (Phi) is 5.13. The number of thiazole rings is 1. The van der Waals surface area contributed by atoms with E-state index < -0.39 is 18.0 Å². The van der Waals surface area contributed by atoms with E-state index in [9.17, 15) is 14.4 Å². The van der Waals surface area contributed by atoms with E-state index in [-0.39, 0.29) is 19.1 Å². The first-order valence-electron chi connectivity index (χ1n) is 8.96. The van der Waals surface area contributed by atoms with Crippen molar-refractivity contribution in [2.75, 3.05) is 13.2 Å². The van der Waals surface area contributed by atoms with Gasteiger partial charge in [-0.2, -0.15) is 0 Å². The van der Waals surface area contributed by atoms with Crippen LogP contribution >= 0.6 is 11.3 Å². The fourth-order valence-corrected chi connectivity index (χ4v) is 3.99. The fourth-order valence-electron chi connectivity index (χ4n) is 3.05. The van der Waals surface area contributed by atoms with Crippen molar-refractivity contribution in [1.82, 2.24) is 19.8 Å². The Morgan fingerprint density at radius 3 is 2.59 bits per heavy atom. The molecule has 4 rings (SSSR count). The summed E-state index contributed by atoms with van der Waals surface area (Å²) >= 11 is 1.27. The third-order valence-electron chi connectivity index (χ3n) is 4.53. The first-order valence-corrected chi connectivity index (χ1v) is 9.78. The zero-order chi connectivity index (χ0) is 20.4. The van der Waals surface area contributed by atoms with Gasteiger partial charge in [0.05, 0.1) is 18.3 Å². The number of nitrogens with one attached hydrogen (secondary N) is 1. The molecule has 3 aromatic rings. The van der Waals surface area contributed by atoms with Gasteiger partial charge in [-0.05, 0) is 24.6 Å². The summed E-state index contributed by atoms with van der Waals surface area (Å²) in [6.45, 7) is 1.50. The van der Waals surface area contributed by atoms with Crippen LogP contribution < -0.4 is 5.32 Å². The van der Waals surface area contributed by atoms with Crippen LogP contribution in [0.1, 0.15) is 27.0 Å². The van der Waals surface area contributed by atoms with Crippen LogP contribution in [0.4, 0.5) is 4.79 Å². The average Bonchev–Trinajstić information content (AvgIpc) is 3.45. The molecule has 2 aromatic heterocycles. The summed E-state index contributed by atoms with van der Waals surface area (Å²) in [5, 5.41) is 3.62. The molecule has 0 saturated carbocycles. The van der Waals surface area contributed by atoms with Crippen molar-refractivity contribution in [2.45, 2.75) is 13.0 Å². The van der Waals surface area contributed by atoms with Gasteiger partial charge in [0, 0.05) is 12.4 Å². The minimum absolute atomic E-state index is 0.00424. The van der Waals surface area contributed by atoms with Crippen molar-refractivity contribution in [2.24, 2.45) is 0 Å². The maximum Gasteiger partial charge on any atom is 0.417 e. The summed E-state index contributed by atoms with van der Waals surface area (Å²) in [5.74, 6) is -0.735. The minimum Gasteiger partial charge on any atom is -0.439 e. The van der Waals surface area contributed by atoms with Crippen molar-refractivity contribution in [3.8, 4) is 5.13 Å². The second kappa shape index (κ2) is 7.88. The molecule has 9 heteroatoms. The van der Waals surface area contributed by atoms with Crippen LogP contribution in [0.25, 0.3) is 5.13 Å². The van der Waals surface area contributed by atoms with E-state index in [0.717, 1.165) is 10.5 Å². The number of benzene rings is 1. The Bertz CT molecular complexity index is 1030. The van der Waals surface area contributed by atoms with Crippen LogP contribution in [0.15, 0.2) is 54.9 Å². The molecule has 1 atom stereocenters. The summed E-state index contributed by atoms with van der Waals surface area (Å²) in [7, 11) is 0. The SMILES string of the molecule is Cc1nc(-n2cccc2)sc1C(=O)NC(CN1C(=O)COC1=O)c1ccccc1. The molecule has 1 aliphatic rings. The summed E-state index contributed by atoms with van der Waals surface area (Å²) in [4.78, 5) is 42.8. The summed E-state index contributed by atoms with van der Waals surface area (Å²) in [6, 6.07) is 12.4. The normalized spacial score (nSPS) is 14.7. The zero-order valence-corrected chi connectivity index (χ0v) is 16.4. The Morgan fingerprint density at radius 1 is 1.21 bits per heavy atom. The van der Waals surface area contributed by atoms with Crippen LogP contribution in [0.2, 0.25) is 0 Å². The van der Waals surface area contributed by atoms with Gasteiger partial charge >= 0.3 is 6.09 Å². The number of imide groups is 1. The lowest BCUT2D eigenvalue weighted by Crippen LogP contribution is -2.40. The topological polar surface area (TPSA) is 93.5 Å². The molecule has 8 nitrogen and oxygen atoms in total. The second-order valence-corrected chi connectivity index (χ2v) is 7.47. The molecule has 3 heterocycles. The molecule has 148 valence electrons. The summed E-state index contributed by atoms with van der Waals surface area (Å²) < 4.78 is 6.62. The van der Waals surface area contributed by atoms with Crippen molar-refractivity contribution < 1.29 is 19.1 Å². The Balaban J connectivity index is 1.58. The molecule has 1 saturated heterocycles. The van der Waals surface area contributed by atoms with Gasteiger partial charge in [0.15, 0.2) is 11.7 Å². The highest BCUT2D eigenvalue weighted by Crippen LogP contribution is 2.24. The maximum atomic E-state index is 13.0. The quantitative estimate of drug-likeness (QED) is 0.674. The molecule has 1 N–H and O–H groups in total. The number of carbonyl (C=O) groups excluding carboxylic acids is 3. The number of rotatable bonds is 6. The van der Waals surface area contributed by atoms with Crippen molar-refractivity contribution >= 4 is 29.2 Å². The molecule has 1 unspecified atom stereocenters. The van der Waals surface area contributed by atoms with Gasteiger partial charge in [-0.1, -0.05) is 41.7 Å². The first-order chi connectivity index (χ1) is 14.0. The van der Waals surface area contributed by atoms with E-state index >= 15 is 0 Å². The zero-order valence-electron chi connectivity index (χ0n) is 15.6. The van der Waals surface area contributed by atoms with Gasteiger partial charge in [0.1, 0.15) is 4.88 Å². The van der Waals surface area contributed by atoms with Crippen LogP contribution in [0.5, 0.6) is 0 Å². The minimum atomic E-state index is -0.700. The maximum absolute atomic E-state index is 13.0. The van der Waals surface area contributed by atoms with E-state index in [4.69, 9.17) is 4.74 Å². The van der Waals surface area contributed by atoms with Crippen LogP contribution in [0.3, 0.4) is 0 Å². The van der Waals surface area contributed by atoms with Gasteiger partial charge in [0.2, 0.25) is 0 Å². The number of ether oxygens (including phenoxy) is 1. The summed E-state index contributed by atoms with van der Waals surface area (Å²) in [6.07, 6.45) is 3.02. The Labute approximate surface area is 170 Å². The Hall–Kier alpha value is -3.46. The van der Waals surface area contributed by atoms with E-state index in [1.807, 2.05) is 59.4 Å². The number of hydrogen-bond acceptors (Lipinski definition) is 6. The molecule has 0 bridgehead atoms. The summed E-state index contributed by atoms with van der Waals surface area (Å²) in [5.41, 5.74) is 1.39. The predicted molar refractivity (Wildman–Crippen MR) is 106 cm³/mol. The van der Waals surface area contributed by atoms with Crippen molar-refractivity contribution in [3.63, 3.8) is 0 Å². The number of amides is 3. The number of cyclic esters (lactones) is 1. The number of hydrogen-bond donors (Lipinski definition) is 1. The standard InChI is InChI=1S/C20H18N4O4S/c1-13-17(29-19(21-13)23-9-5-6-10-23)18(26)22-15(14-7-3-2-4-8-14)11-24-16(25)12-28-20(24)27/h2-10,15H,11-12H2,1H3,(H,22,26). The van der Waals surface area contributed by atoms with Crippen LogP contribution in [-0.2, 0) is 9.53 Å². The predicted octanol–water partition coefficient (Wildman–Crippen LogP) is 2.69. The van der Waals surface area contributed by atoms with E-state index in [1.165, 1.54) is 11.3 Å². The lowest BCUT2D eigenvalue weighted by Gasteiger charge is -2.22. The monoisotopic (exact) mass is 410 g/mol. The second-order valence-electron chi connectivity index (χ2n) is 6.50. The molecule has 0 radical (unpaired) electrons. The van der Waals surface area contributed by atoms with Crippen LogP contribution in [-0.4, -0.2) is 45.5 Å². The molecule has 1 fully saturated rings. The third kappa shape index (κ3) is 3.90. The molecule has 29 heavy (non-hydrogen) atoms. The van der Waals surface area contributed by atoms with E-state index in [2.05, 4.69) is 10.3 Å². The lowest BCUT2D eigenvalue weighted by atomic mass is 10.1. The van der Waals surface area contributed by atoms with Gasteiger partial charge in [-0.3, -0.25) is 9.59 Å². The number of aromatic nitrogens is 2. The highest BCUT2D eigenvalue weighted by Gasteiger charge is 2.34. The van der Waals surface area contributed by atoms with E-state index in [0.29, 0.717) is 15.7 Å². The van der Waals surface area contributed by atoms with Gasteiger partial charge < -0.3 is 14.6 Å². The van der Waals surface area contributed by atoms with Crippen LogP contribution in [0, 0.1) is 6.92 Å². The molecular weight excluding hydrogens is 392 g/mol. The molecule has 3 amide bonds. The first kappa shape index (κ1) is 18.9. The molecule has 1 aromatic carbocycles. The highest BCUT2D eigenvalue weighted by molar-refractivity contribution is 7.16. The molecular formula is C20H18N4O4S. The Morgan fingerprint density at radius 2 is 1.93 bits per heavy atom. The molecule has 1 aliphatic heterocycles. The number of aryl methyl sites for hydroxylation is 1. The molecule has 0 aliphatic carbocycles. The van der Waals surface area contributed by atoms with Crippen molar-refractivity contribution in [1.29, 1.82) is 0 Å². The average molecular weight is 410 g/mol. The van der Waals surface area contributed by atoms with Crippen molar-refractivity contribution in [3.05, 3.63) is 71.0 Å². The highest BCUT2D eigenvalue weighted by atomic mass is 32.1. The smallest absolute Gasteiger partial charge is 0.417 e. The molecule has 0 spiro atoms.